The summed E-state index contributed by atoms with van der Waals surface area (Å²) in [6.45, 7) is 1.90. The summed E-state index contributed by atoms with van der Waals surface area (Å²) < 4.78 is 1.94. The number of nitrogens with two attached hydrogens (primary N) is 1. The Balaban J connectivity index is 2.26. The standard InChI is InChI=1S/C10H18N4O2/c1-7-12-13-9(14(7)2)6-4-3-5-8(11)10(15)16/h8H,3-6,11H2,1-2H3,(H,15,16)/t8-/m0/s1. The Morgan fingerprint density at radius 1 is 1.50 bits per heavy atom. The minimum absolute atomic E-state index is 0.506. The molecular weight excluding hydrogens is 208 g/mol. The first kappa shape index (κ1) is 12.6. The fourth-order valence-electron chi connectivity index (χ4n) is 1.44. The maximum absolute atomic E-state index is 10.5. The van der Waals surface area contributed by atoms with Gasteiger partial charge in [-0.15, -0.1) is 10.2 Å². The van der Waals surface area contributed by atoms with Gasteiger partial charge in [-0.2, -0.15) is 0 Å². The van der Waals surface area contributed by atoms with Gasteiger partial charge < -0.3 is 15.4 Å². The van der Waals surface area contributed by atoms with Crippen LogP contribution in [0.2, 0.25) is 0 Å². The molecule has 1 atom stereocenters. The van der Waals surface area contributed by atoms with Crippen molar-refractivity contribution in [2.45, 2.75) is 38.6 Å². The molecule has 6 heteroatoms. The monoisotopic (exact) mass is 226 g/mol. The quantitative estimate of drug-likeness (QED) is 0.678. The molecule has 0 fully saturated rings. The predicted molar refractivity (Wildman–Crippen MR) is 58.9 cm³/mol. The van der Waals surface area contributed by atoms with E-state index in [0.717, 1.165) is 30.9 Å². The lowest BCUT2D eigenvalue weighted by Crippen LogP contribution is -2.29. The zero-order valence-electron chi connectivity index (χ0n) is 9.68. The van der Waals surface area contributed by atoms with Gasteiger partial charge in [0.05, 0.1) is 0 Å². The summed E-state index contributed by atoms with van der Waals surface area (Å²) in [6.07, 6.45) is 2.99. The third-order valence-corrected chi connectivity index (χ3v) is 2.67. The summed E-state index contributed by atoms with van der Waals surface area (Å²) in [7, 11) is 1.92. The topological polar surface area (TPSA) is 94.0 Å². The van der Waals surface area contributed by atoms with Gasteiger partial charge in [0.2, 0.25) is 0 Å². The molecule has 0 bridgehead atoms. The molecule has 0 aliphatic heterocycles. The number of carboxylic acid groups (broad SMARTS) is 1. The van der Waals surface area contributed by atoms with E-state index in [1.54, 1.807) is 0 Å². The van der Waals surface area contributed by atoms with Crippen molar-refractivity contribution in [3.05, 3.63) is 11.6 Å². The van der Waals surface area contributed by atoms with Gasteiger partial charge >= 0.3 is 5.97 Å². The number of aryl methyl sites for hydroxylation is 2. The second-order valence-electron chi connectivity index (χ2n) is 3.91. The number of hydrogen-bond acceptors (Lipinski definition) is 4. The number of nitrogens with zero attached hydrogens (tertiary/aromatic N) is 3. The van der Waals surface area contributed by atoms with Crippen molar-refractivity contribution >= 4 is 5.97 Å². The van der Waals surface area contributed by atoms with Crippen molar-refractivity contribution in [3.63, 3.8) is 0 Å². The molecule has 1 aromatic heterocycles. The molecule has 0 unspecified atom stereocenters. The molecule has 0 saturated heterocycles. The van der Waals surface area contributed by atoms with E-state index in [2.05, 4.69) is 10.2 Å². The van der Waals surface area contributed by atoms with E-state index in [1.807, 2.05) is 18.5 Å². The predicted octanol–water partition coefficient (Wildman–Crippen LogP) is 0.248. The maximum atomic E-state index is 10.5. The number of aliphatic carboxylic acids is 1. The summed E-state index contributed by atoms with van der Waals surface area (Å²) in [6, 6.07) is -0.749. The maximum Gasteiger partial charge on any atom is 0.320 e. The highest BCUT2D eigenvalue weighted by atomic mass is 16.4. The molecule has 3 N–H and O–H groups in total. The van der Waals surface area contributed by atoms with Crippen LogP contribution < -0.4 is 5.73 Å². The minimum Gasteiger partial charge on any atom is -0.480 e. The van der Waals surface area contributed by atoms with E-state index in [1.165, 1.54) is 0 Å². The molecule has 90 valence electrons. The zero-order chi connectivity index (χ0) is 12.1. The molecule has 1 rings (SSSR count). The summed E-state index contributed by atoms with van der Waals surface area (Å²) in [5, 5.41) is 16.6. The summed E-state index contributed by atoms with van der Waals surface area (Å²) in [5.41, 5.74) is 5.40. The SMILES string of the molecule is Cc1nnc(CCCC[C@H](N)C(=O)O)n1C. The number of carboxylic acids is 1. The molecular formula is C10H18N4O2. The molecule has 0 saturated carbocycles. The van der Waals surface area contributed by atoms with Crippen LogP contribution in [-0.4, -0.2) is 31.9 Å². The lowest BCUT2D eigenvalue weighted by Gasteiger charge is -2.05. The van der Waals surface area contributed by atoms with E-state index in [9.17, 15) is 4.79 Å². The Kier molecular flexibility index (Phi) is 4.42. The summed E-state index contributed by atoms with van der Waals surface area (Å²) in [4.78, 5) is 10.5. The number of aromatic nitrogens is 3. The highest BCUT2D eigenvalue weighted by Crippen LogP contribution is 2.06. The van der Waals surface area contributed by atoms with E-state index in [-0.39, 0.29) is 0 Å². The number of carbonyl (C=O) groups is 1. The number of unbranched alkanes of at least 4 members (excludes halogenated alkanes) is 1. The fourth-order valence-corrected chi connectivity index (χ4v) is 1.44. The van der Waals surface area contributed by atoms with Crippen LogP contribution in [0.15, 0.2) is 0 Å². The van der Waals surface area contributed by atoms with Crippen LogP contribution in [0.4, 0.5) is 0 Å². The van der Waals surface area contributed by atoms with Gasteiger partial charge in [0.1, 0.15) is 17.7 Å². The average Bonchev–Trinajstić information content (AvgIpc) is 2.55. The first-order valence-corrected chi connectivity index (χ1v) is 5.35. The van der Waals surface area contributed by atoms with Crippen LogP contribution in [0, 0.1) is 6.92 Å². The van der Waals surface area contributed by atoms with Gasteiger partial charge in [-0.25, -0.2) is 0 Å². The highest BCUT2D eigenvalue weighted by molar-refractivity contribution is 5.72. The molecule has 0 aromatic carbocycles. The van der Waals surface area contributed by atoms with E-state index in [0.29, 0.717) is 6.42 Å². The van der Waals surface area contributed by atoms with Crippen molar-refractivity contribution < 1.29 is 9.90 Å². The van der Waals surface area contributed by atoms with Gasteiger partial charge in [0, 0.05) is 13.5 Å². The van der Waals surface area contributed by atoms with Gasteiger partial charge in [-0.05, 0) is 19.8 Å². The van der Waals surface area contributed by atoms with Crippen LogP contribution in [0.1, 0.15) is 30.9 Å². The third kappa shape index (κ3) is 3.30. The first-order valence-electron chi connectivity index (χ1n) is 5.35. The van der Waals surface area contributed by atoms with Crippen molar-refractivity contribution in [2.24, 2.45) is 12.8 Å². The molecule has 0 spiro atoms. The van der Waals surface area contributed by atoms with E-state index < -0.39 is 12.0 Å². The van der Waals surface area contributed by atoms with Crippen LogP contribution >= 0.6 is 0 Å². The molecule has 1 aromatic rings. The van der Waals surface area contributed by atoms with E-state index >= 15 is 0 Å². The van der Waals surface area contributed by atoms with Gasteiger partial charge in [-0.1, -0.05) is 6.42 Å². The normalized spacial score (nSPS) is 12.7. The highest BCUT2D eigenvalue weighted by Gasteiger charge is 2.11. The second-order valence-corrected chi connectivity index (χ2v) is 3.91. The first-order chi connectivity index (χ1) is 7.52. The molecule has 0 amide bonds. The molecule has 0 aliphatic rings. The van der Waals surface area contributed by atoms with Crippen LogP contribution in [-0.2, 0) is 18.3 Å². The lowest BCUT2D eigenvalue weighted by atomic mass is 10.1. The lowest BCUT2D eigenvalue weighted by molar-refractivity contribution is -0.138. The fraction of sp³-hybridized carbons (Fsp3) is 0.700. The van der Waals surface area contributed by atoms with Crippen LogP contribution in [0.5, 0.6) is 0 Å². The Morgan fingerprint density at radius 2 is 2.19 bits per heavy atom. The molecule has 0 radical (unpaired) electrons. The van der Waals surface area contributed by atoms with Gasteiger partial charge in [-0.3, -0.25) is 4.79 Å². The van der Waals surface area contributed by atoms with Gasteiger partial charge in [0.15, 0.2) is 0 Å². The third-order valence-electron chi connectivity index (χ3n) is 2.67. The van der Waals surface area contributed by atoms with Crippen molar-refractivity contribution in [1.82, 2.24) is 14.8 Å². The summed E-state index contributed by atoms with van der Waals surface area (Å²) in [5.74, 6) is 0.883. The molecule has 0 aliphatic carbocycles. The number of rotatable bonds is 6. The van der Waals surface area contributed by atoms with Crippen LogP contribution in [0.3, 0.4) is 0 Å². The Morgan fingerprint density at radius 3 is 2.69 bits per heavy atom. The largest absolute Gasteiger partial charge is 0.480 e. The molecule has 6 nitrogen and oxygen atoms in total. The molecule has 1 heterocycles. The minimum atomic E-state index is -0.936. The second kappa shape index (κ2) is 5.60. The van der Waals surface area contributed by atoms with Crippen molar-refractivity contribution in [2.75, 3.05) is 0 Å². The van der Waals surface area contributed by atoms with E-state index in [4.69, 9.17) is 10.8 Å². The average molecular weight is 226 g/mol. The summed E-state index contributed by atoms with van der Waals surface area (Å²) >= 11 is 0. The molecule has 16 heavy (non-hydrogen) atoms. The Hall–Kier alpha value is -1.43. The van der Waals surface area contributed by atoms with Crippen molar-refractivity contribution in [3.8, 4) is 0 Å². The van der Waals surface area contributed by atoms with Gasteiger partial charge in [0.25, 0.3) is 0 Å². The smallest absolute Gasteiger partial charge is 0.320 e. The van der Waals surface area contributed by atoms with Crippen molar-refractivity contribution in [1.29, 1.82) is 0 Å². The van der Waals surface area contributed by atoms with Crippen LogP contribution in [0.25, 0.3) is 0 Å². The zero-order valence-corrected chi connectivity index (χ0v) is 9.68. The Bertz CT molecular complexity index is 362. The Labute approximate surface area is 94.5 Å². The number of hydrogen-bond donors (Lipinski definition) is 2.